The summed E-state index contributed by atoms with van der Waals surface area (Å²) >= 11 is 3.34. The lowest BCUT2D eigenvalue weighted by atomic mass is 10.2. The van der Waals surface area contributed by atoms with E-state index in [1.54, 1.807) is 12.1 Å². The van der Waals surface area contributed by atoms with Gasteiger partial charge in [-0.15, -0.1) is 10.2 Å². The first kappa shape index (κ1) is 17.7. The summed E-state index contributed by atoms with van der Waals surface area (Å²) in [4.78, 5) is 25.1. The number of carbonyl (C=O) groups excluding carboxylic acids is 2. The number of hydrogen-bond donors (Lipinski definition) is 2. The Labute approximate surface area is 157 Å². The van der Waals surface area contributed by atoms with E-state index in [0.717, 1.165) is 10.0 Å². The number of tetrazole rings is 1. The largest absolute Gasteiger partial charge is 0.345 e. The number of hydrogen-bond acceptors (Lipinski definition) is 5. The Kier molecular flexibility index (Phi) is 5.69. The minimum Gasteiger partial charge on any atom is -0.345 e. The molecule has 3 aromatic rings. The number of carbonyl (C=O) groups is 2. The van der Waals surface area contributed by atoms with Gasteiger partial charge in [0.1, 0.15) is 6.54 Å². The molecule has 0 saturated carbocycles. The van der Waals surface area contributed by atoms with Gasteiger partial charge in [0.2, 0.25) is 17.6 Å². The third-order valence-corrected chi connectivity index (χ3v) is 4.06. The number of para-hydroxylation sites is 1. The molecule has 1 aromatic heterocycles. The van der Waals surface area contributed by atoms with Gasteiger partial charge in [-0.3, -0.25) is 9.59 Å². The van der Waals surface area contributed by atoms with Crippen LogP contribution in [-0.4, -0.2) is 38.6 Å². The number of benzene rings is 2. The van der Waals surface area contributed by atoms with Gasteiger partial charge in [-0.1, -0.05) is 42.5 Å². The molecule has 0 aliphatic carbocycles. The molecule has 0 atom stereocenters. The lowest BCUT2D eigenvalue weighted by molar-refractivity contribution is -0.124. The Morgan fingerprint density at radius 3 is 2.50 bits per heavy atom. The molecule has 0 saturated heterocycles. The van der Waals surface area contributed by atoms with E-state index < -0.39 is 0 Å². The summed E-state index contributed by atoms with van der Waals surface area (Å²) in [7, 11) is 0. The minimum absolute atomic E-state index is 0.123. The zero-order chi connectivity index (χ0) is 18.4. The maximum Gasteiger partial charge on any atom is 0.244 e. The van der Waals surface area contributed by atoms with Crippen LogP contribution in [0.4, 0.5) is 5.69 Å². The van der Waals surface area contributed by atoms with Gasteiger partial charge in [-0.05, 0) is 33.3 Å². The smallest absolute Gasteiger partial charge is 0.244 e. The molecule has 0 bridgehead atoms. The van der Waals surface area contributed by atoms with Crippen LogP contribution < -0.4 is 10.6 Å². The first-order chi connectivity index (χ1) is 12.6. The SMILES string of the molecule is O=C(Cn1nnc(-c2ccccc2)n1)NCC(=O)Nc1ccccc1Br. The molecule has 0 fully saturated rings. The first-order valence-electron chi connectivity index (χ1n) is 7.76. The molecule has 0 aliphatic rings. The Balaban J connectivity index is 1.49. The van der Waals surface area contributed by atoms with Crippen LogP contribution in [0.15, 0.2) is 59.1 Å². The van der Waals surface area contributed by atoms with Crippen LogP contribution >= 0.6 is 15.9 Å². The average Bonchev–Trinajstić information content (AvgIpc) is 3.11. The van der Waals surface area contributed by atoms with Crippen molar-refractivity contribution in [3.05, 3.63) is 59.1 Å². The zero-order valence-corrected chi connectivity index (χ0v) is 15.2. The van der Waals surface area contributed by atoms with Crippen molar-refractivity contribution in [3.63, 3.8) is 0 Å². The molecule has 2 aromatic carbocycles. The molecule has 132 valence electrons. The number of halogens is 1. The van der Waals surface area contributed by atoms with E-state index in [2.05, 4.69) is 42.0 Å². The molecular formula is C17H15BrN6O2. The van der Waals surface area contributed by atoms with E-state index in [1.807, 2.05) is 42.5 Å². The fraction of sp³-hybridized carbons (Fsp3) is 0.118. The molecule has 2 N–H and O–H groups in total. The van der Waals surface area contributed by atoms with Crippen molar-refractivity contribution in [1.29, 1.82) is 0 Å². The molecule has 26 heavy (non-hydrogen) atoms. The molecule has 9 heteroatoms. The molecule has 0 spiro atoms. The van der Waals surface area contributed by atoms with Gasteiger partial charge in [-0.25, -0.2) is 0 Å². The van der Waals surface area contributed by atoms with Crippen LogP contribution in [0.25, 0.3) is 11.4 Å². The highest BCUT2D eigenvalue weighted by atomic mass is 79.9. The summed E-state index contributed by atoms with van der Waals surface area (Å²) in [6, 6.07) is 16.6. The number of anilines is 1. The van der Waals surface area contributed by atoms with Crippen molar-refractivity contribution >= 4 is 33.4 Å². The molecule has 1 heterocycles. The minimum atomic E-state index is -0.385. The van der Waals surface area contributed by atoms with Crippen LogP contribution in [-0.2, 0) is 16.1 Å². The summed E-state index contributed by atoms with van der Waals surface area (Å²) in [6.07, 6.45) is 0. The van der Waals surface area contributed by atoms with Gasteiger partial charge < -0.3 is 10.6 Å². The maximum atomic E-state index is 12.0. The Morgan fingerprint density at radius 2 is 1.73 bits per heavy atom. The summed E-state index contributed by atoms with van der Waals surface area (Å²) in [5, 5.41) is 17.1. The summed E-state index contributed by atoms with van der Waals surface area (Å²) in [5.41, 5.74) is 1.45. The highest BCUT2D eigenvalue weighted by Gasteiger charge is 2.11. The van der Waals surface area contributed by atoms with Crippen molar-refractivity contribution in [2.45, 2.75) is 6.54 Å². The lowest BCUT2D eigenvalue weighted by Gasteiger charge is -2.08. The second-order valence-corrected chi connectivity index (χ2v) is 6.17. The molecule has 0 aliphatic heterocycles. The van der Waals surface area contributed by atoms with E-state index in [1.165, 1.54) is 4.80 Å². The van der Waals surface area contributed by atoms with Crippen molar-refractivity contribution < 1.29 is 9.59 Å². The normalized spacial score (nSPS) is 10.3. The first-order valence-corrected chi connectivity index (χ1v) is 8.55. The predicted octanol–water partition coefficient (Wildman–Crippen LogP) is 1.86. The standard InChI is InChI=1S/C17H15BrN6O2/c18-13-8-4-5-9-14(13)20-15(25)10-19-16(26)11-24-22-17(21-23-24)12-6-2-1-3-7-12/h1-9H,10-11H2,(H,19,26)(H,20,25). The summed E-state index contributed by atoms with van der Waals surface area (Å²) in [5.74, 6) is -0.281. The Bertz CT molecular complexity index is 912. The highest BCUT2D eigenvalue weighted by Crippen LogP contribution is 2.20. The number of amides is 2. The van der Waals surface area contributed by atoms with Gasteiger partial charge in [0.25, 0.3) is 0 Å². The Morgan fingerprint density at radius 1 is 1.00 bits per heavy atom. The van der Waals surface area contributed by atoms with Gasteiger partial charge in [0, 0.05) is 10.0 Å². The van der Waals surface area contributed by atoms with Gasteiger partial charge in [0.05, 0.1) is 12.2 Å². The fourth-order valence-corrected chi connectivity index (χ4v) is 2.52. The topological polar surface area (TPSA) is 102 Å². The van der Waals surface area contributed by atoms with Gasteiger partial charge in [0.15, 0.2) is 0 Å². The monoisotopic (exact) mass is 414 g/mol. The van der Waals surface area contributed by atoms with E-state index in [4.69, 9.17) is 0 Å². The van der Waals surface area contributed by atoms with E-state index in [0.29, 0.717) is 11.5 Å². The van der Waals surface area contributed by atoms with Crippen LogP contribution in [0.1, 0.15) is 0 Å². The van der Waals surface area contributed by atoms with Crippen LogP contribution in [0.5, 0.6) is 0 Å². The summed E-state index contributed by atoms with van der Waals surface area (Å²) in [6.45, 7) is -0.275. The third kappa shape index (κ3) is 4.73. The average molecular weight is 415 g/mol. The van der Waals surface area contributed by atoms with Crippen molar-refractivity contribution in [2.24, 2.45) is 0 Å². The Hall–Kier alpha value is -3.07. The van der Waals surface area contributed by atoms with Gasteiger partial charge >= 0.3 is 0 Å². The lowest BCUT2D eigenvalue weighted by Crippen LogP contribution is -2.35. The van der Waals surface area contributed by atoms with Crippen molar-refractivity contribution in [2.75, 3.05) is 11.9 Å². The fourth-order valence-electron chi connectivity index (χ4n) is 2.13. The summed E-state index contributed by atoms with van der Waals surface area (Å²) < 4.78 is 0.764. The maximum absolute atomic E-state index is 12.0. The van der Waals surface area contributed by atoms with Crippen molar-refractivity contribution in [1.82, 2.24) is 25.5 Å². The van der Waals surface area contributed by atoms with Crippen LogP contribution in [0.2, 0.25) is 0 Å². The van der Waals surface area contributed by atoms with Crippen LogP contribution in [0.3, 0.4) is 0 Å². The second kappa shape index (κ2) is 8.34. The van der Waals surface area contributed by atoms with Crippen LogP contribution in [0, 0.1) is 0 Å². The van der Waals surface area contributed by atoms with E-state index >= 15 is 0 Å². The molecular weight excluding hydrogens is 400 g/mol. The molecule has 8 nitrogen and oxygen atoms in total. The number of nitrogens with zero attached hydrogens (tertiary/aromatic N) is 4. The molecule has 0 unspecified atom stereocenters. The zero-order valence-electron chi connectivity index (χ0n) is 13.6. The quantitative estimate of drug-likeness (QED) is 0.640. The molecule has 2 amide bonds. The number of nitrogens with one attached hydrogen (secondary N) is 2. The predicted molar refractivity (Wildman–Crippen MR) is 99.0 cm³/mol. The molecule has 3 rings (SSSR count). The van der Waals surface area contributed by atoms with Gasteiger partial charge in [-0.2, -0.15) is 4.80 Å². The molecule has 0 radical (unpaired) electrons. The third-order valence-electron chi connectivity index (χ3n) is 3.36. The van der Waals surface area contributed by atoms with E-state index in [9.17, 15) is 9.59 Å². The second-order valence-electron chi connectivity index (χ2n) is 5.31. The van der Waals surface area contributed by atoms with Crippen molar-refractivity contribution in [3.8, 4) is 11.4 Å². The highest BCUT2D eigenvalue weighted by molar-refractivity contribution is 9.10. The number of rotatable bonds is 6. The number of aromatic nitrogens is 4. The van der Waals surface area contributed by atoms with E-state index in [-0.39, 0.29) is 24.9 Å².